The standard InChI is InChI=1S/C15H21NOS/c1-13-7-5-6-11-16(13)15(17)10-12-18-14-8-3-2-4-9-14/h2-4,8-9,13H,5-7,10-12H2,1H3. The Morgan fingerprint density at radius 3 is 2.83 bits per heavy atom. The van der Waals surface area contributed by atoms with E-state index in [0.717, 1.165) is 18.7 Å². The van der Waals surface area contributed by atoms with Gasteiger partial charge in [0.25, 0.3) is 0 Å². The summed E-state index contributed by atoms with van der Waals surface area (Å²) in [4.78, 5) is 15.4. The maximum absolute atomic E-state index is 12.1. The molecule has 1 fully saturated rings. The first-order chi connectivity index (χ1) is 8.77. The lowest BCUT2D eigenvalue weighted by Crippen LogP contribution is -2.42. The van der Waals surface area contributed by atoms with Crippen molar-refractivity contribution in [2.24, 2.45) is 0 Å². The number of benzene rings is 1. The summed E-state index contributed by atoms with van der Waals surface area (Å²) in [5, 5.41) is 0. The smallest absolute Gasteiger partial charge is 0.223 e. The second kappa shape index (κ2) is 6.83. The number of hydrogen-bond acceptors (Lipinski definition) is 2. The Morgan fingerprint density at radius 2 is 2.11 bits per heavy atom. The van der Waals surface area contributed by atoms with Gasteiger partial charge in [0, 0.05) is 29.7 Å². The highest BCUT2D eigenvalue weighted by atomic mass is 32.2. The summed E-state index contributed by atoms with van der Waals surface area (Å²) in [6.45, 7) is 3.12. The van der Waals surface area contributed by atoms with Crippen LogP contribution in [0.2, 0.25) is 0 Å². The molecule has 0 N–H and O–H groups in total. The molecule has 1 atom stereocenters. The lowest BCUT2D eigenvalue weighted by atomic mass is 10.0. The minimum Gasteiger partial charge on any atom is -0.340 e. The second-order valence-corrected chi connectivity index (χ2v) is 6.01. The SMILES string of the molecule is CC1CCCCN1C(=O)CCSc1ccccc1. The Morgan fingerprint density at radius 1 is 1.33 bits per heavy atom. The van der Waals surface area contributed by atoms with Gasteiger partial charge in [-0.25, -0.2) is 0 Å². The van der Waals surface area contributed by atoms with E-state index in [-0.39, 0.29) is 0 Å². The van der Waals surface area contributed by atoms with Crippen LogP contribution in [0.4, 0.5) is 0 Å². The Kier molecular flexibility index (Phi) is 5.12. The highest BCUT2D eigenvalue weighted by Crippen LogP contribution is 2.21. The van der Waals surface area contributed by atoms with Crippen molar-refractivity contribution in [1.82, 2.24) is 4.90 Å². The van der Waals surface area contributed by atoms with Gasteiger partial charge in [-0.05, 0) is 38.3 Å². The molecule has 1 aliphatic rings. The van der Waals surface area contributed by atoms with E-state index in [4.69, 9.17) is 0 Å². The average molecular weight is 263 g/mol. The van der Waals surface area contributed by atoms with Crippen molar-refractivity contribution >= 4 is 17.7 Å². The molecule has 0 bridgehead atoms. The molecule has 1 aromatic rings. The topological polar surface area (TPSA) is 20.3 Å². The van der Waals surface area contributed by atoms with Gasteiger partial charge in [0.2, 0.25) is 5.91 Å². The third-order valence-electron chi connectivity index (χ3n) is 3.45. The summed E-state index contributed by atoms with van der Waals surface area (Å²) < 4.78 is 0. The summed E-state index contributed by atoms with van der Waals surface area (Å²) >= 11 is 1.77. The Labute approximate surface area is 114 Å². The summed E-state index contributed by atoms with van der Waals surface area (Å²) in [5.74, 6) is 1.21. The maximum atomic E-state index is 12.1. The van der Waals surface area contributed by atoms with E-state index in [0.29, 0.717) is 18.4 Å². The number of hydrogen-bond donors (Lipinski definition) is 0. The summed E-state index contributed by atoms with van der Waals surface area (Å²) in [5.41, 5.74) is 0. The molecule has 1 heterocycles. The molecule has 0 aliphatic carbocycles. The van der Waals surface area contributed by atoms with Crippen LogP contribution in [0.1, 0.15) is 32.6 Å². The van der Waals surface area contributed by atoms with Crippen LogP contribution in [0.5, 0.6) is 0 Å². The van der Waals surface area contributed by atoms with Crippen LogP contribution in [0.25, 0.3) is 0 Å². The lowest BCUT2D eigenvalue weighted by molar-refractivity contribution is -0.133. The van der Waals surface area contributed by atoms with Crippen molar-refractivity contribution in [2.45, 2.75) is 43.5 Å². The zero-order valence-electron chi connectivity index (χ0n) is 11.0. The molecular formula is C15H21NOS. The van der Waals surface area contributed by atoms with Gasteiger partial charge < -0.3 is 4.90 Å². The molecule has 1 amide bonds. The van der Waals surface area contributed by atoms with E-state index >= 15 is 0 Å². The molecule has 3 heteroatoms. The molecule has 2 nitrogen and oxygen atoms in total. The van der Waals surface area contributed by atoms with Crippen LogP contribution in [-0.2, 0) is 4.79 Å². The second-order valence-electron chi connectivity index (χ2n) is 4.84. The van der Waals surface area contributed by atoms with Crippen LogP contribution >= 0.6 is 11.8 Å². The van der Waals surface area contributed by atoms with E-state index in [1.54, 1.807) is 11.8 Å². The van der Waals surface area contributed by atoms with Gasteiger partial charge >= 0.3 is 0 Å². The van der Waals surface area contributed by atoms with Gasteiger partial charge in [0.05, 0.1) is 0 Å². The minimum atomic E-state index is 0.325. The zero-order valence-corrected chi connectivity index (χ0v) is 11.8. The van der Waals surface area contributed by atoms with E-state index in [9.17, 15) is 4.79 Å². The number of thioether (sulfide) groups is 1. The first-order valence-electron chi connectivity index (χ1n) is 6.74. The lowest BCUT2D eigenvalue weighted by Gasteiger charge is -2.33. The fourth-order valence-electron chi connectivity index (χ4n) is 2.39. The molecule has 18 heavy (non-hydrogen) atoms. The molecule has 98 valence electrons. The summed E-state index contributed by atoms with van der Waals surface area (Å²) in [6, 6.07) is 10.7. The Bertz CT molecular complexity index is 379. The monoisotopic (exact) mass is 263 g/mol. The van der Waals surface area contributed by atoms with Crippen LogP contribution in [0, 0.1) is 0 Å². The van der Waals surface area contributed by atoms with Gasteiger partial charge in [0.15, 0.2) is 0 Å². The van der Waals surface area contributed by atoms with Crippen molar-refractivity contribution < 1.29 is 4.79 Å². The summed E-state index contributed by atoms with van der Waals surface area (Å²) in [6.07, 6.45) is 4.26. The molecule has 1 unspecified atom stereocenters. The first-order valence-corrected chi connectivity index (χ1v) is 7.73. The predicted octanol–water partition coefficient (Wildman–Crippen LogP) is 3.57. The molecule has 1 aromatic carbocycles. The first kappa shape index (κ1) is 13.5. The van der Waals surface area contributed by atoms with E-state index in [2.05, 4.69) is 24.0 Å². The molecule has 0 spiro atoms. The fraction of sp³-hybridized carbons (Fsp3) is 0.533. The molecule has 0 aromatic heterocycles. The number of nitrogens with zero attached hydrogens (tertiary/aromatic N) is 1. The van der Waals surface area contributed by atoms with E-state index < -0.39 is 0 Å². The van der Waals surface area contributed by atoms with Gasteiger partial charge in [-0.2, -0.15) is 0 Å². The number of carbonyl (C=O) groups is 1. The minimum absolute atomic E-state index is 0.325. The maximum Gasteiger partial charge on any atom is 0.223 e. The van der Waals surface area contributed by atoms with Gasteiger partial charge in [0.1, 0.15) is 0 Å². The average Bonchev–Trinajstić information content (AvgIpc) is 2.40. The largest absolute Gasteiger partial charge is 0.340 e. The highest BCUT2D eigenvalue weighted by molar-refractivity contribution is 7.99. The number of piperidine rings is 1. The van der Waals surface area contributed by atoms with Crippen LogP contribution < -0.4 is 0 Å². The van der Waals surface area contributed by atoms with Crippen molar-refractivity contribution in [3.8, 4) is 0 Å². The van der Waals surface area contributed by atoms with Crippen molar-refractivity contribution in [3.63, 3.8) is 0 Å². The number of likely N-dealkylation sites (tertiary alicyclic amines) is 1. The van der Waals surface area contributed by atoms with E-state index in [1.807, 2.05) is 18.2 Å². The van der Waals surface area contributed by atoms with Crippen LogP contribution in [0.3, 0.4) is 0 Å². The third kappa shape index (κ3) is 3.77. The fourth-order valence-corrected chi connectivity index (χ4v) is 3.25. The molecule has 0 saturated carbocycles. The van der Waals surface area contributed by atoms with E-state index in [1.165, 1.54) is 17.7 Å². The normalized spacial score (nSPS) is 19.8. The molecule has 2 rings (SSSR count). The molecule has 1 saturated heterocycles. The summed E-state index contributed by atoms with van der Waals surface area (Å²) in [7, 11) is 0. The number of rotatable bonds is 4. The highest BCUT2D eigenvalue weighted by Gasteiger charge is 2.22. The quantitative estimate of drug-likeness (QED) is 0.774. The van der Waals surface area contributed by atoms with Crippen molar-refractivity contribution in [2.75, 3.05) is 12.3 Å². The Hall–Kier alpha value is -0.960. The molecular weight excluding hydrogens is 242 g/mol. The Balaban J connectivity index is 1.74. The van der Waals surface area contributed by atoms with Crippen LogP contribution in [0.15, 0.2) is 35.2 Å². The zero-order chi connectivity index (χ0) is 12.8. The van der Waals surface area contributed by atoms with Crippen molar-refractivity contribution in [3.05, 3.63) is 30.3 Å². The predicted molar refractivity (Wildman–Crippen MR) is 76.8 cm³/mol. The number of carbonyl (C=O) groups excluding carboxylic acids is 1. The third-order valence-corrected chi connectivity index (χ3v) is 4.46. The molecule has 1 aliphatic heterocycles. The van der Waals surface area contributed by atoms with Gasteiger partial charge in [-0.1, -0.05) is 18.2 Å². The molecule has 0 radical (unpaired) electrons. The van der Waals surface area contributed by atoms with Gasteiger partial charge in [-0.15, -0.1) is 11.8 Å². The van der Waals surface area contributed by atoms with Crippen LogP contribution in [-0.4, -0.2) is 29.1 Å². The number of amides is 1. The van der Waals surface area contributed by atoms with Gasteiger partial charge in [-0.3, -0.25) is 4.79 Å². The van der Waals surface area contributed by atoms with Crippen molar-refractivity contribution in [1.29, 1.82) is 0 Å².